The maximum Gasteiger partial charge on any atom is 0.282 e. The number of nitrogens with zero attached hydrogens (tertiary/aromatic N) is 2. The average Bonchev–Trinajstić information content (AvgIpc) is 2.62. The Balaban J connectivity index is 2.02. The van der Waals surface area contributed by atoms with Gasteiger partial charge in [0.1, 0.15) is 0 Å². The second-order valence-electron chi connectivity index (χ2n) is 6.19. The van der Waals surface area contributed by atoms with Crippen molar-refractivity contribution in [3.8, 4) is 0 Å². The molecule has 128 valence electrons. The zero-order valence-electron chi connectivity index (χ0n) is 14.2. The van der Waals surface area contributed by atoms with Gasteiger partial charge >= 0.3 is 0 Å². The van der Waals surface area contributed by atoms with Gasteiger partial charge in [-0.2, -0.15) is 17.0 Å². The SMILES string of the molecule is CCN(C)S(=O)(=O)N1CCc2ccccc2C1Cc1ccccc1. The van der Waals surface area contributed by atoms with E-state index in [1.165, 1.54) is 9.87 Å². The summed E-state index contributed by atoms with van der Waals surface area (Å²) in [5.74, 6) is 0. The lowest BCUT2D eigenvalue weighted by Gasteiger charge is -2.38. The Kier molecular flexibility index (Phi) is 5.04. The van der Waals surface area contributed by atoms with Gasteiger partial charge in [0.25, 0.3) is 10.2 Å². The van der Waals surface area contributed by atoms with Crippen molar-refractivity contribution < 1.29 is 8.42 Å². The quantitative estimate of drug-likeness (QED) is 0.836. The largest absolute Gasteiger partial charge is 0.282 e. The minimum absolute atomic E-state index is 0.156. The summed E-state index contributed by atoms with van der Waals surface area (Å²) in [4.78, 5) is 0. The van der Waals surface area contributed by atoms with Crippen molar-refractivity contribution in [3.05, 3.63) is 71.3 Å². The van der Waals surface area contributed by atoms with E-state index in [-0.39, 0.29) is 6.04 Å². The first-order chi connectivity index (χ1) is 11.5. The number of hydrogen-bond donors (Lipinski definition) is 0. The van der Waals surface area contributed by atoms with Crippen LogP contribution in [0.25, 0.3) is 0 Å². The van der Waals surface area contributed by atoms with Crippen molar-refractivity contribution in [2.45, 2.75) is 25.8 Å². The molecule has 1 heterocycles. The summed E-state index contributed by atoms with van der Waals surface area (Å²) in [6.45, 7) is 2.86. The zero-order chi connectivity index (χ0) is 17.2. The van der Waals surface area contributed by atoms with Crippen molar-refractivity contribution in [3.63, 3.8) is 0 Å². The van der Waals surface area contributed by atoms with Crippen LogP contribution in [0.2, 0.25) is 0 Å². The summed E-state index contributed by atoms with van der Waals surface area (Å²) in [6.07, 6.45) is 1.45. The Labute approximate surface area is 144 Å². The summed E-state index contributed by atoms with van der Waals surface area (Å²) in [7, 11) is -1.81. The second-order valence-corrected chi connectivity index (χ2v) is 8.18. The molecule has 5 heteroatoms. The second kappa shape index (κ2) is 7.05. The number of hydrogen-bond acceptors (Lipinski definition) is 2. The molecule has 24 heavy (non-hydrogen) atoms. The molecule has 0 fully saturated rings. The molecule has 0 spiro atoms. The van der Waals surface area contributed by atoms with Crippen molar-refractivity contribution in [2.75, 3.05) is 20.1 Å². The third-order valence-electron chi connectivity index (χ3n) is 4.77. The van der Waals surface area contributed by atoms with Crippen LogP contribution in [0.15, 0.2) is 54.6 Å². The summed E-state index contributed by atoms with van der Waals surface area (Å²) < 4.78 is 29.1. The summed E-state index contributed by atoms with van der Waals surface area (Å²) in [6, 6.07) is 18.2. The molecule has 1 aliphatic rings. The fraction of sp³-hybridized carbons (Fsp3) is 0.368. The molecule has 0 saturated heterocycles. The monoisotopic (exact) mass is 344 g/mol. The summed E-state index contributed by atoms with van der Waals surface area (Å²) in [5, 5.41) is 0. The third-order valence-corrected chi connectivity index (χ3v) is 6.85. The van der Waals surface area contributed by atoms with Crippen molar-refractivity contribution in [1.29, 1.82) is 0 Å². The van der Waals surface area contributed by atoms with Gasteiger partial charge in [0.05, 0.1) is 6.04 Å². The minimum Gasteiger partial charge on any atom is -0.195 e. The molecule has 1 atom stereocenters. The maximum atomic E-state index is 13.0. The van der Waals surface area contributed by atoms with Gasteiger partial charge in [-0.25, -0.2) is 0 Å². The van der Waals surface area contributed by atoms with Crippen LogP contribution >= 0.6 is 0 Å². The molecule has 2 aromatic rings. The molecule has 0 amide bonds. The van der Waals surface area contributed by atoms with E-state index in [0.717, 1.165) is 17.5 Å². The lowest BCUT2D eigenvalue weighted by atomic mass is 9.90. The van der Waals surface area contributed by atoms with E-state index in [4.69, 9.17) is 0 Å². The predicted octanol–water partition coefficient (Wildman–Crippen LogP) is 3.03. The Morgan fingerprint density at radius 1 is 1.08 bits per heavy atom. The molecule has 1 aliphatic heterocycles. The van der Waals surface area contributed by atoms with E-state index in [1.54, 1.807) is 11.4 Å². The molecule has 0 bridgehead atoms. The molecule has 3 rings (SSSR count). The van der Waals surface area contributed by atoms with Crippen molar-refractivity contribution >= 4 is 10.2 Å². The fourth-order valence-corrected chi connectivity index (χ4v) is 4.81. The lowest BCUT2D eigenvalue weighted by Crippen LogP contribution is -2.47. The third kappa shape index (κ3) is 3.24. The van der Waals surface area contributed by atoms with Gasteiger partial charge in [0, 0.05) is 20.1 Å². The van der Waals surface area contributed by atoms with E-state index >= 15 is 0 Å². The van der Waals surface area contributed by atoms with Crippen LogP contribution in [0.1, 0.15) is 29.7 Å². The molecule has 2 aromatic carbocycles. The highest BCUT2D eigenvalue weighted by molar-refractivity contribution is 7.86. The van der Waals surface area contributed by atoms with Gasteiger partial charge in [0.15, 0.2) is 0 Å². The highest BCUT2D eigenvalue weighted by Crippen LogP contribution is 2.35. The van der Waals surface area contributed by atoms with E-state index in [0.29, 0.717) is 19.5 Å². The molecule has 0 aromatic heterocycles. The highest BCUT2D eigenvalue weighted by Gasteiger charge is 2.37. The molecule has 0 radical (unpaired) electrons. The van der Waals surface area contributed by atoms with Gasteiger partial charge in [-0.1, -0.05) is 61.5 Å². The topological polar surface area (TPSA) is 40.6 Å². The van der Waals surface area contributed by atoms with Crippen LogP contribution in [0.3, 0.4) is 0 Å². The molecular weight excluding hydrogens is 320 g/mol. The Morgan fingerprint density at radius 2 is 1.75 bits per heavy atom. The van der Waals surface area contributed by atoms with Gasteiger partial charge in [-0.3, -0.25) is 0 Å². The molecule has 0 aliphatic carbocycles. The Hall–Kier alpha value is -1.69. The zero-order valence-corrected chi connectivity index (χ0v) is 15.0. The molecule has 4 nitrogen and oxygen atoms in total. The van der Waals surface area contributed by atoms with Crippen molar-refractivity contribution in [1.82, 2.24) is 8.61 Å². The first-order valence-electron chi connectivity index (χ1n) is 8.39. The number of fused-ring (bicyclic) bond motifs is 1. The standard InChI is InChI=1S/C19H24N2O2S/c1-3-20(2)24(22,23)21-14-13-17-11-7-8-12-18(17)19(21)15-16-9-5-4-6-10-16/h4-12,19H,3,13-15H2,1-2H3. The normalized spacial score (nSPS) is 18.5. The fourth-order valence-electron chi connectivity index (χ4n) is 3.30. The summed E-state index contributed by atoms with van der Waals surface area (Å²) in [5.41, 5.74) is 3.53. The van der Waals surface area contributed by atoms with Gasteiger partial charge in [-0.15, -0.1) is 0 Å². The van der Waals surface area contributed by atoms with Crippen LogP contribution < -0.4 is 0 Å². The predicted molar refractivity (Wildman–Crippen MR) is 97.0 cm³/mol. The average molecular weight is 344 g/mol. The van der Waals surface area contributed by atoms with Crippen LogP contribution in [-0.2, 0) is 23.1 Å². The molecular formula is C19H24N2O2S. The smallest absolute Gasteiger partial charge is 0.195 e. The first-order valence-corrected chi connectivity index (χ1v) is 9.78. The van der Waals surface area contributed by atoms with Crippen LogP contribution in [0, 0.1) is 0 Å². The van der Waals surface area contributed by atoms with Gasteiger partial charge < -0.3 is 0 Å². The maximum absolute atomic E-state index is 13.0. The molecule has 1 unspecified atom stereocenters. The highest BCUT2D eigenvalue weighted by atomic mass is 32.2. The van der Waals surface area contributed by atoms with E-state index in [9.17, 15) is 8.42 Å². The van der Waals surface area contributed by atoms with Gasteiger partial charge in [0.2, 0.25) is 0 Å². The van der Waals surface area contributed by atoms with Gasteiger partial charge in [-0.05, 0) is 29.5 Å². The van der Waals surface area contributed by atoms with Crippen LogP contribution in [0.4, 0.5) is 0 Å². The first kappa shape index (κ1) is 17.1. The Morgan fingerprint density at radius 3 is 2.46 bits per heavy atom. The van der Waals surface area contributed by atoms with Crippen LogP contribution in [-0.4, -0.2) is 37.2 Å². The number of rotatable bonds is 5. The Bertz CT molecular complexity index is 790. The van der Waals surface area contributed by atoms with E-state index < -0.39 is 10.2 Å². The lowest BCUT2D eigenvalue weighted by molar-refractivity contribution is 0.282. The van der Waals surface area contributed by atoms with Crippen LogP contribution in [0.5, 0.6) is 0 Å². The molecule has 0 N–H and O–H groups in total. The number of benzene rings is 2. The van der Waals surface area contributed by atoms with Crippen molar-refractivity contribution in [2.24, 2.45) is 0 Å². The molecule has 0 saturated carbocycles. The van der Waals surface area contributed by atoms with E-state index in [2.05, 4.69) is 24.3 Å². The summed E-state index contributed by atoms with van der Waals surface area (Å²) >= 11 is 0. The minimum atomic E-state index is -3.46. The van der Waals surface area contributed by atoms with E-state index in [1.807, 2.05) is 37.3 Å².